The molecule has 0 saturated carbocycles. The number of carbonyl (C=O) groups is 1. The van der Waals surface area contributed by atoms with E-state index < -0.39 is 34.9 Å². The van der Waals surface area contributed by atoms with E-state index in [0.717, 1.165) is 31.2 Å². The van der Waals surface area contributed by atoms with E-state index in [2.05, 4.69) is 5.10 Å². The maximum Gasteiger partial charge on any atom is 0.431 e. The first kappa shape index (κ1) is 15.9. The van der Waals surface area contributed by atoms with Crippen molar-refractivity contribution in [1.82, 2.24) is 5.01 Å². The average molecular weight is 317 g/mol. The highest BCUT2D eigenvalue weighted by molar-refractivity contribution is 5.94. The van der Waals surface area contributed by atoms with Crippen LogP contribution < -0.4 is 0 Å². The van der Waals surface area contributed by atoms with E-state index in [1.807, 2.05) is 0 Å². The largest absolute Gasteiger partial charge is 0.431 e. The molecule has 0 bridgehead atoms. The van der Waals surface area contributed by atoms with Crippen molar-refractivity contribution in [3.63, 3.8) is 0 Å². The van der Waals surface area contributed by atoms with Crippen molar-refractivity contribution in [2.45, 2.75) is 25.2 Å². The number of aliphatic hydroxyl groups is 1. The van der Waals surface area contributed by atoms with Gasteiger partial charge in [-0.15, -0.1) is 0 Å². The molecular formula is C12H10F3N3O4. The Labute approximate surface area is 121 Å². The first-order valence-corrected chi connectivity index (χ1v) is 5.98. The molecule has 0 spiro atoms. The van der Waals surface area contributed by atoms with E-state index in [1.165, 1.54) is 0 Å². The van der Waals surface area contributed by atoms with Gasteiger partial charge < -0.3 is 5.11 Å². The molecule has 22 heavy (non-hydrogen) atoms. The Balaban J connectivity index is 2.44. The minimum atomic E-state index is -4.79. The molecule has 1 aromatic rings. The second kappa shape index (κ2) is 5.05. The van der Waals surface area contributed by atoms with Gasteiger partial charge in [0.1, 0.15) is 5.71 Å². The number of alkyl halides is 3. The van der Waals surface area contributed by atoms with Crippen molar-refractivity contribution in [2.75, 3.05) is 0 Å². The molecule has 10 heteroatoms. The molecule has 1 aliphatic rings. The van der Waals surface area contributed by atoms with Gasteiger partial charge >= 0.3 is 6.18 Å². The van der Waals surface area contributed by atoms with Crippen molar-refractivity contribution in [2.24, 2.45) is 5.10 Å². The highest BCUT2D eigenvalue weighted by atomic mass is 19.4. The summed E-state index contributed by atoms with van der Waals surface area (Å²) in [6.07, 6.45) is -5.74. The van der Waals surface area contributed by atoms with Crippen LogP contribution in [0.5, 0.6) is 0 Å². The van der Waals surface area contributed by atoms with Crippen molar-refractivity contribution in [3.8, 4) is 0 Å². The molecular weight excluding hydrogens is 307 g/mol. The molecule has 1 atom stereocenters. The zero-order valence-electron chi connectivity index (χ0n) is 11.2. The second-order valence-electron chi connectivity index (χ2n) is 4.67. The SMILES string of the molecule is CC(=O)N1N=C(C(F)(F)F)CC1(O)c1ccc([N+](=O)[O-])cc1. The van der Waals surface area contributed by atoms with Crippen molar-refractivity contribution >= 4 is 17.3 Å². The zero-order valence-corrected chi connectivity index (χ0v) is 11.2. The highest BCUT2D eigenvalue weighted by Crippen LogP contribution is 2.39. The second-order valence-corrected chi connectivity index (χ2v) is 4.67. The number of amides is 1. The lowest BCUT2D eigenvalue weighted by molar-refractivity contribution is -0.384. The molecule has 1 unspecified atom stereocenters. The van der Waals surface area contributed by atoms with Gasteiger partial charge in [0.25, 0.3) is 5.69 Å². The third kappa shape index (κ3) is 2.64. The number of nitrogens with zero attached hydrogens (tertiary/aromatic N) is 3. The minimum absolute atomic E-state index is 0.101. The van der Waals surface area contributed by atoms with Gasteiger partial charge in [0, 0.05) is 24.6 Å². The van der Waals surface area contributed by atoms with E-state index in [0.29, 0.717) is 5.01 Å². The summed E-state index contributed by atoms with van der Waals surface area (Å²) >= 11 is 0. The highest BCUT2D eigenvalue weighted by Gasteiger charge is 2.52. The molecule has 1 aliphatic heterocycles. The molecule has 1 N–H and O–H groups in total. The Morgan fingerprint density at radius 1 is 1.41 bits per heavy atom. The van der Waals surface area contributed by atoms with Gasteiger partial charge in [-0.05, 0) is 12.1 Å². The van der Waals surface area contributed by atoms with Crippen molar-refractivity contribution < 1.29 is 28.0 Å². The van der Waals surface area contributed by atoms with Gasteiger partial charge in [-0.25, -0.2) is 0 Å². The maximum absolute atomic E-state index is 12.8. The first-order chi connectivity index (χ1) is 10.1. The fraction of sp³-hybridized carbons (Fsp3) is 0.333. The number of benzene rings is 1. The van der Waals surface area contributed by atoms with Crippen LogP contribution in [0.2, 0.25) is 0 Å². The standard InChI is InChI=1S/C12H10F3N3O4/c1-7(19)17-11(20,6-10(16-17)12(13,14)15)8-2-4-9(5-3-8)18(21)22/h2-5,20H,6H2,1H3. The Kier molecular flexibility index (Phi) is 3.65. The molecule has 0 fully saturated rings. The zero-order chi connectivity index (χ0) is 16.7. The van der Waals surface area contributed by atoms with Gasteiger partial charge in [0.15, 0.2) is 5.72 Å². The summed E-state index contributed by atoms with van der Waals surface area (Å²) in [5.41, 5.74) is -4.03. The number of hydrogen-bond acceptors (Lipinski definition) is 5. The molecule has 0 radical (unpaired) electrons. The van der Waals surface area contributed by atoms with E-state index in [1.54, 1.807) is 0 Å². The van der Waals surface area contributed by atoms with Crippen molar-refractivity contribution in [3.05, 3.63) is 39.9 Å². The van der Waals surface area contributed by atoms with Crippen LogP contribution in [-0.2, 0) is 10.5 Å². The number of halogens is 3. The van der Waals surface area contributed by atoms with E-state index in [9.17, 15) is 33.2 Å². The van der Waals surface area contributed by atoms with Crippen LogP contribution in [0.3, 0.4) is 0 Å². The van der Waals surface area contributed by atoms with Crippen LogP contribution in [0.1, 0.15) is 18.9 Å². The normalized spacial score (nSPS) is 21.7. The third-order valence-electron chi connectivity index (χ3n) is 3.15. The van der Waals surface area contributed by atoms with Gasteiger partial charge in [-0.2, -0.15) is 23.3 Å². The predicted molar refractivity (Wildman–Crippen MR) is 67.6 cm³/mol. The smallest absolute Gasteiger partial charge is 0.365 e. The summed E-state index contributed by atoms with van der Waals surface area (Å²) in [6.45, 7) is 0.958. The van der Waals surface area contributed by atoms with E-state index in [4.69, 9.17) is 0 Å². The van der Waals surface area contributed by atoms with Gasteiger partial charge in [0.2, 0.25) is 5.91 Å². The molecule has 0 saturated heterocycles. The summed E-state index contributed by atoms with van der Waals surface area (Å²) in [4.78, 5) is 21.4. The molecule has 0 aromatic heterocycles. The quantitative estimate of drug-likeness (QED) is 0.665. The number of rotatable bonds is 2. The van der Waals surface area contributed by atoms with Crippen LogP contribution in [0.25, 0.3) is 0 Å². The Morgan fingerprint density at radius 3 is 2.36 bits per heavy atom. The third-order valence-corrected chi connectivity index (χ3v) is 3.15. The molecule has 7 nitrogen and oxygen atoms in total. The maximum atomic E-state index is 12.8. The van der Waals surface area contributed by atoms with Gasteiger partial charge in [-0.1, -0.05) is 0 Å². The molecule has 0 aliphatic carbocycles. The monoisotopic (exact) mass is 317 g/mol. The summed E-state index contributed by atoms with van der Waals surface area (Å²) in [5, 5.41) is 24.5. The molecule has 1 aromatic carbocycles. The summed E-state index contributed by atoms with van der Waals surface area (Å²) in [7, 11) is 0. The fourth-order valence-electron chi connectivity index (χ4n) is 2.11. The summed E-state index contributed by atoms with van der Waals surface area (Å²) < 4.78 is 38.3. The van der Waals surface area contributed by atoms with E-state index in [-0.39, 0.29) is 11.3 Å². The number of hydrazone groups is 1. The number of carbonyl (C=O) groups excluding carboxylic acids is 1. The van der Waals surface area contributed by atoms with Crippen LogP contribution in [0, 0.1) is 10.1 Å². The Morgan fingerprint density at radius 2 is 1.95 bits per heavy atom. The Hall–Kier alpha value is -2.49. The first-order valence-electron chi connectivity index (χ1n) is 5.98. The lowest BCUT2D eigenvalue weighted by Crippen LogP contribution is -2.42. The number of hydrogen-bond donors (Lipinski definition) is 1. The lowest BCUT2D eigenvalue weighted by Gasteiger charge is -2.30. The summed E-state index contributed by atoms with van der Waals surface area (Å²) in [5.74, 6) is -0.889. The topological polar surface area (TPSA) is 96.0 Å². The van der Waals surface area contributed by atoms with Crippen LogP contribution >= 0.6 is 0 Å². The summed E-state index contributed by atoms with van der Waals surface area (Å²) in [6, 6.07) is 4.22. The van der Waals surface area contributed by atoms with E-state index >= 15 is 0 Å². The number of non-ortho nitro benzene ring substituents is 1. The number of nitro groups is 1. The van der Waals surface area contributed by atoms with Gasteiger partial charge in [-0.3, -0.25) is 14.9 Å². The fourth-order valence-corrected chi connectivity index (χ4v) is 2.11. The van der Waals surface area contributed by atoms with Crippen LogP contribution in [-0.4, -0.2) is 32.8 Å². The van der Waals surface area contributed by atoms with Crippen LogP contribution in [0.4, 0.5) is 18.9 Å². The predicted octanol–water partition coefficient (Wildman–Crippen LogP) is 1.91. The molecule has 2 rings (SSSR count). The minimum Gasteiger partial charge on any atom is -0.365 e. The molecule has 1 amide bonds. The molecule has 1 heterocycles. The van der Waals surface area contributed by atoms with Crippen LogP contribution in [0.15, 0.2) is 29.4 Å². The average Bonchev–Trinajstić information content (AvgIpc) is 2.78. The molecule has 118 valence electrons. The Bertz CT molecular complexity index is 657. The number of nitro benzene ring substituents is 1. The van der Waals surface area contributed by atoms with Crippen molar-refractivity contribution in [1.29, 1.82) is 0 Å². The lowest BCUT2D eigenvalue weighted by atomic mass is 9.97. The van der Waals surface area contributed by atoms with Gasteiger partial charge in [0.05, 0.1) is 11.3 Å².